The minimum absolute atomic E-state index is 0.0164. The molecule has 0 amide bonds. The summed E-state index contributed by atoms with van der Waals surface area (Å²) in [6.07, 6.45) is 0. The van der Waals surface area contributed by atoms with E-state index < -0.39 is 11.4 Å². The number of aromatic nitrogens is 4. The molecule has 20 heavy (non-hydrogen) atoms. The van der Waals surface area contributed by atoms with E-state index in [-0.39, 0.29) is 22.9 Å². The molecule has 2 heterocycles. The molecule has 7 nitrogen and oxygen atoms in total. The first-order chi connectivity index (χ1) is 9.58. The van der Waals surface area contributed by atoms with Gasteiger partial charge < -0.3 is 15.5 Å². The van der Waals surface area contributed by atoms with Gasteiger partial charge in [0.05, 0.1) is 7.11 Å². The summed E-state index contributed by atoms with van der Waals surface area (Å²) < 4.78 is 18.3. The summed E-state index contributed by atoms with van der Waals surface area (Å²) in [4.78, 5) is 25.0. The Morgan fingerprint density at radius 3 is 2.85 bits per heavy atom. The molecule has 0 bridgehead atoms. The Balaban J connectivity index is 2.20. The number of hydrogen-bond donors (Lipinski definition) is 3. The summed E-state index contributed by atoms with van der Waals surface area (Å²) >= 11 is 0. The molecule has 0 saturated heterocycles. The number of nitrogens with zero attached hydrogens (tertiary/aromatic N) is 2. The number of imidazole rings is 1. The Morgan fingerprint density at radius 2 is 2.10 bits per heavy atom. The van der Waals surface area contributed by atoms with Gasteiger partial charge in [-0.05, 0) is 18.2 Å². The number of aromatic amines is 2. The molecule has 8 heteroatoms. The van der Waals surface area contributed by atoms with Gasteiger partial charge in [-0.2, -0.15) is 4.98 Å². The maximum atomic E-state index is 13.4. The number of anilines is 1. The van der Waals surface area contributed by atoms with Crippen LogP contribution in [0.2, 0.25) is 0 Å². The zero-order valence-corrected chi connectivity index (χ0v) is 10.4. The van der Waals surface area contributed by atoms with Crippen LogP contribution in [0.4, 0.5) is 10.3 Å². The van der Waals surface area contributed by atoms with Gasteiger partial charge in [0.1, 0.15) is 5.82 Å². The minimum atomic E-state index is -0.479. The third kappa shape index (κ3) is 1.87. The van der Waals surface area contributed by atoms with Crippen molar-refractivity contribution >= 4 is 17.1 Å². The van der Waals surface area contributed by atoms with Crippen LogP contribution in [0.3, 0.4) is 0 Å². The van der Waals surface area contributed by atoms with Crippen LogP contribution < -0.4 is 16.0 Å². The highest BCUT2D eigenvalue weighted by atomic mass is 19.1. The van der Waals surface area contributed by atoms with E-state index >= 15 is 0 Å². The van der Waals surface area contributed by atoms with Crippen molar-refractivity contribution in [3.63, 3.8) is 0 Å². The zero-order chi connectivity index (χ0) is 14.3. The fourth-order valence-electron chi connectivity index (χ4n) is 1.87. The van der Waals surface area contributed by atoms with Crippen molar-refractivity contribution < 1.29 is 9.13 Å². The minimum Gasteiger partial charge on any atom is -0.494 e. The third-order valence-electron chi connectivity index (χ3n) is 2.80. The number of nitrogen functional groups attached to an aromatic ring is 1. The van der Waals surface area contributed by atoms with Gasteiger partial charge in [-0.1, -0.05) is 0 Å². The lowest BCUT2D eigenvalue weighted by atomic mass is 10.2. The van der Waals surface area contributed by atoms with E-state index in [2.05, 4.69) is 19.9 Å². The lowest BCUT2D eigenvalue weighted by Gasteiger charge is -2.03. The molecular formula is C12H10FN5O2. The van der Waals surface area contributed by atoms with Crippen LogP contribution in [0.5, 0.6) is 5.75 Å². The fourth-order valence-corrected chi connectivity index (χ4v) is 1.87. The molecule has 0 aliphatic carbocycles. The average Bonchev–Trinajstić information content (AvgIpc) is 2.83. The molecule has 0 atom stereocenters. The number of benzene rings is 1. The SMILES string of the molecule is COc1cc(-c2nc3nc(N)[nH]c(=O)c3[nH]2)ccc1F. The van der Waals surface area contributed by atoms with Gasteiger partial charge in [0.2, 0.25) is 5.95 Å². The van der Waals surface area contributed by atoms with E-state index in [4.69, 9.17) is 10.5 Å². The van der Waals surface area contributed by atoms with E-state index in [0.717, 1.165) is 0 Å². The Hall–Kier alpha value is -2.90. The summed E-state index contributed by atoms with van der Waals surface area (Å²) in [5.74, 6) is -0.0314. The normalized spacial score (nSPS) is 10.9. The Bertz CT molecular complexity index is 855. The molecule has 0 spiro atoms. The maximum absolute atomic E-state index is 13.4. The summed E-state index contributed by atoms with van der Waals surface area (Å²) in [6.45, 7) is 0. The molecule has 0 aliphatic rings. The number of methoxy groups -OCH3 is 1. The van der Waals surface area contributed by atoms with Gasteiger partial charge in [-0.25, -0.2) is 9.37 Å². The topological polar surface area (TPSA) is 110 Å². The first kappa shape index (κ1) is 12.2. The lowest BCUT2D eigenvalue weighted by Crippen LogP contribution is -2.10. The molecule has 0 radical (unpaired) electrons. The number of nitrogens with one attached hydrogen (secondary N) is 2. The summed E-state index contributed by atoms with van der Waals surface area (Å²) in [6, 6.07) is 4.26. The highest BCUT2D eigenvalue weighted by Gasteiger charge is 2.12. The Morgan fingerprint density at radius 1 is 1.30 bits per heavy atom. The van der Waals surface area contributed by atoms with Gasteiger partial charge in [0, 0.05) is 5.56 Å². The number of hydrogen-bond acceptors (Lipinski definition) is 5. The lowest BCUT2D eigenvalue weighted by molar-refractivity contribution is 0.387. The van der Waals surface area contributed by atoms with E-state index in [9.17, 15) is 9.18 Å². The van der Waals surface area contributed by atoms with Crippen LogP contribution in [0.15, 0.2) is 23.0 Å². The van der Waals surface area contributed by atoms with E-state index in [0.29, 0.717) is 11.4 Å². The van der Waals surface area contributed by atoms with Crippen LogP contribution in [0.1, 0.15) is 0 Å². The van der Waals surface area contributed by atoms with Crippen LogP contribution in [-0.4, -0.2) is 27.0 Å². The number of fused-ring (bicyclic) bond motifs is 1. The molecule has 102 valence electrons. The second-order valence-electron chi connectivity index (χ2n) is 4.08. The molecule has 2 aromatic heterocycles. The summed E-state index contributed by atoms with van der Waals surface area (Å²) in [7, 11) is 1.37. The average molecular weight is 275 g/mol. The standard InChI is InChI=1S/C12H10FN5O2/c1-20-7-4-5(2-3-6(7)13)9-15-8-10(16-9)17-12(14)18-11(8)19/h2-4H,1H3,(H4,14,15,16,17,18,19). The molecule has 1 aromatic carbocycles. The van der Waals surface area contributed by atoms with Crippen molar-refractivity contribution in [1.29, 1.82) is 0 Å². The second kappa shape index (κ2) is 4.34. The van der Waals surface area contributed by atoms with Crippen molar-refractivity contribution in [2.75, 3.05) is 12.8 Å². The highest BCUT2D eigenvalue weighted by Crippen LogP contribution is 2.25. The molecular weight excluding hydrogens is 265 g/mol. The number of rotatable bonds is 2. The quantitative estimate of drug-likeness (QED) is 0.647. The van der Waals surface area contributed by atoms with E-state index in [1.807, 2.05) is 0 Å². The highest BCUT2D eigenvalue weighted by molar-refractivity contribution is 5.76. The zero-order valence-electron chi connectivity index (χ0n) is 10.4. The van der Waals surface area contributed by atoms with Gasteiger partial charge in [0.15, 0.2) is 22.7 Å². The smallest absolute Gasteiger partial charge is 0.278 e. The summed E-state index contributed by atoms with van der Waals surface area (Å²) in [5, 5.41) is 0. The predicted molar refractivity (Wildman–Crippen MR) is 70.9 cm³/mol. The van der Waals surface area contributed by atoms with Crippen LogP contribution >= 0.6 is 0 Å². The first-order valence-corrected chi connectivity index (χ1v) is 5.68. The van der Waals surface area contributed by atoms with Crippen molar-refractivity contribution in [3.8, 4) is 17.1 Å². The molecule has 0 unspecified atom stereocenters. The van der Waals surface area contributed by atoms with Crippen molar-refractivity contribution in [1.82, 2.24) is 19.9 Å². The largest absolute Gasteiger partial charge is 0.494 e. The number of ether oxygens (including phenoxy) is 1. The van der Waals surface area contributed by atoms with Gasteiger partial charge in [-0.3, -0.25) is 9.78 Å². The molecule has 4 N–H and O–H groups in total. The first-order valence-electron chi connectivity index (χ1n) is 5.68. The van der Waals surface area contributed by atoms with Crippen LogP contribution in [-0.2, 0) is 0 Å². The summed E-state index contributed by atoms with van der Waals surface area (Å²) in [5.41, 5.74) is 6.01. The Labute approximate surface area is 111 Å². The number of halogens is 1. The van der Waals surface area contributed by atoms with Gasteiger partial charge in [0.25, 0.3) is 5.56 Å². The van der Waals surface area contributed by atoms with Crippen molar-refractivity contribution in [2.45, 2.75) is 0 Å². The number of H-pyrrole nitrogens is 2. The van der Waals surface area contributed by atoms with Gasteiger partial charge in [-0.15, -0.1) is 0 Å². The second-order valence-corrected chi connectivity index (χ2v) is 4.08. The molecule has 0 saturated carbocycles. The van der Waals surface area contributed by atoms with Crippen LogP contribution in [0.25, 0.3) is 22.6 Å². The van der Waals surface area contributed by atoms with Crippen LogP contribution in [0, 0.1) is 5.82 Å². The third-order valence-corrected chi connectivity index (χ3v) is 2.80. The Kier molecular flexibility index (Phi) is 2.63. The van der Waals surface area contributed by atoms with E-state index in [1.54, 1.807) is 0 Å². The predicted octanol–water partition coefficient (Wildman–Crippen LogP) is 1.04. The molecule has 0 fully saturated rings. The molecule has 3 rings (SSSR count). The van der Waals surface area contributed by atoms with E-state index in [1.165, 1.54) is 25.3 Å². The fraction of sp³-hybridized carbons (Fsp3) is 0.0833. The number of nitrogens with two attached hydrogens (primary N) is 1. The van der Waals surface area contributed by atoms with Gasteiger partial charge >= 0.3 is 0 Å². The molecule has 3 aromatic rings. The van der Waals surface area contributed by atoms with Crippen molar-refractivity contribution in [2.24, 2.45) is 0 Å². The monoisotopic (exact) mass is 275 g/mol. The van der Waals surface area contributed by atoms with Crippen molar-refractivity contribution in [3.05, 3.63) is 34.4 Å². The maximum Gasteiger partial charge on any atom is 0.278 e. The molecule has 0 aliphatic heterocycles.